The Bertz CT molecular complexity index is 261. The van der Waals surface area contributed by atoms with E-state index in [9.17, 15) is 0 Å². The van der Waals surface area contributed by atoms with E-state index < -0.39 is 0 Å². The number of hydrogen-bond donors (Lipinski definition) is 1. The molecule has 2 N–H and O–H groups in total. The fraction of sp³-hybridized carbons (Fsp3) is 0.778. The van der Waals surface area contributed by atoms with E-state index in [1.54, 1.807) is 6.33 Å². The molecule has 2 heterocycles. The Morgan fingerprint density at radius 2 is 2.21 bits per heavy atom. The predicted octanol–water partition coefficient (Wildman–Crippen LogP) is 0.849. The van der Waals surface area contributed by atoms with Crippen molar-refractivity contribution in [1.29, 1.82) is 0 Å². The van der Waals surface area contributed by atoms with Crippen LogP contribution in [0.25, 0.3) is 0 Å². The Morgan fingerprint density at radius 3 is 2.79 bits per heavy atom. The van der Waals surface area contributed by atoms with Crippen LogP contribution in [-0.4, -0.2) is 32.8 Å². The van der Waals surface area contributed by atoms with Crippen LogP contribution in [0.15, 0.2) is 12.7 Å². The quantitative estimate of drug-likeness (QED) is 0.807. The van der Waals surface area contributed by atoms with Crippen molar-refractivity contribution >= 4 is 11.8 Å². The fourth-order valence-corrected chi connectivity index (χ4v) is 3.32. The Kier molecular flexibility index (Phi) is 3.08. The number of nitrogens with two attached hydrogens (primary N) is 1. The topological polar surface area (TPSA) is 56.7 Å². The number of rotatable bonds is 3. The Balaban J connectivity index is 2.20. The molecular formula is C9H16N4S. The number of thioether (sulfide) groups is 1. The van der Waals surface area contributed by atoms with Crippen molar-refractivity contribution in [3.8, 4) is 0 Å². The van der Waals surface area contributed by atoms with E-state index >= 15 is 0 Å². The van der Waals surface area contributed by atoms with E-state index in [4.69, 9.17) is 5.73 Å². The van der Waals surface area contributed by atoms with Gasteiger partial charge in [0.05, 0.1) is 5.54 Å². The van der Waals surface area contributed by atoms with Crippen LogP contribution in [0, 0.1) is 0 Å². The third-order valence-electron chi connectivity index (χ3n) is 2.94. The van der Waals surface area contributed by atoms with Gasteiger partial charge in [0.15, 0.2) is 0 Å². The van der Waals surface area contributed by atoms with Crippen molar-refractivity contribution in [3.63, 3.8) is 0 Å². The van der Waals surface area contributed by atoms with Gasteiger partial charge in [-0.1, -0.05) is 0 Å². The minimum atomic E-state index is 0.149. The summed E-state index contributed by atoms with van der Waals surface area (Å²) >= 11 is 2.02. The van der Waals surface area contributed by atoms with Crippen molar-refractivity contribution in [3.05, 3.63) is 12.7 Å². The molecule has 0 spiro atoms. The molecule has 0 aromatic carbocycles. The third kappa shape index (κ3) is 1.79. The minimum absolute atomic E-state index is 0.149. The Hall–Kier alpha value is -0.550. The molecule has 2 rings (SSSR count). The standard InChI is InChI=1S/C9H16N4S/c10-4-1-9(2-5-14-6-3-9)13-8-11-7-12-13/h7-8H,1-6,10H2. The second kappa shape index (κ2) is 4.31. The van der Waals surface area contributed by atoms with Gasteiger partial charge in [-0.25, -0.2) is 9.67 Å². The largest absolute Gasteiger partial charge is 0.330 e. The van der Waals surface area contributed by atoms with Gasteiger partial charge in [-0.15, -0.1) is 0 Å². The van der Waals surface area contributed by atoms with Gasteiger partial charge >= 0.3 is 0 Å². The molecule has 1 aromatic rings. The maximum Gasteiger partial charge on any atom is 0.137 e. The lowest BCUT2D eigenvalue weighted by Crippen LogP contribution is -2.39. The highest BCUT2D eigenvalue weighted by Gasteiger charge is 2.33. The van der Waals surface area contributed by atoms with E-state index in [2.05, 4.69) is 10.1 Å². The molecular weight excluding hydrogens is 196 g/mol. The van der Waals surface area contributed by atoms with Crippen molar-refractivity contribution in [2.75, 3.05) is 18.1 Å². The first-order chi connectivity index (χ1) is 6.87. The van der Waals surface area contributed by atoms with Crippen molar-refractivity contribution in [1.82, 2.24) is 14.8 Å². The van der Waals surface area contributed by atoms with Gasteiger partial charge in [0.2, 0.25) is 0 Å². The molecule has 1 aliphatic rings. The summed E-state index contributed by atoms with van der Waals surface area (Å²) in [5.74, 6) is 2.42. The Labute approximate surface area is 88.3 Å². The van der Waals surface area contributed by atoms with Crippen LogP contribution in [-0.2, 0) is 5.54 Å². The lowest BCUT2D eigenvalue weighted by molar-refractivity contribution is 0.218. The van der Waals surface area contributed by atoms with E-state index in [0.29, 0.717) is 0 Å². The number of hydrogen-bond acceptors (Lipinski definition) is 4. The van der Waals surface area contributed by atoms with Crippen LogP contribution in [0.4, 0.5) is 0 Å². The zero-order valence-corrected chi connectivity index (χ0v) is 9.04. The van der Waals surface area contributed by atoms with Crippen LogP contribution >= 0.6 is 11.8 Å². The van der Waals surface area contributed by atoms with E-state index in [1.165, 1.54) is 11.5 Å². The number of aromatic nitrogens is 3. The maximum atomic E-state index is 5.68. The molecule has 0 radical (unpaired) electrons. The SMILES string of the molecule is NCCC1(n2cncn2)CCSCC1. The van der Waals surface area contributed by atoms with Crippen LogP contribution in [0.2, 0.25) is 0 Å². The first-order valence-corrected chi connectivity index (χ1v) is 6.16. The predicted molar refractivity (Wildman–Crippen MR) is 58.2 cm³/mol. The van der Waals surface area contributed by atoms with Gasteiger partial charge < -0.3 is 5.73 Å². The molecule has 0 bridgehead atoms. The summed E-state index contributed by atoms with van der Waals surface area (Å²) in [5, 5.41) is 4.27. The summed E-state index contributed by atoms with van der Waals surface area (Å²) in [7, 11) is 0. The second-order valence-electron chi connectivity index (χ2n) is 3.72. The monoisotopic (exact) mass is 212 g/mol. The second-order valence-corrected chi connectivity index (χ2v) is 4.94. The van der Waals surface area contributed by atoms with E-state index in [0.717, 1.165) is 25.8 Å². The third-order valence-corrected chi connectivity index (χ3v) is 3.92. The lowest BCUT2D eigenvalue weighted by atomic mass is 9.89. The van der Waals surface area contributed by atoms with Gasteiger partial charge in [0.25, 0.3) is 0 Å². The zero-order chi connectivity index (χ0) is 9.86. The molecule has 1 aliphatic heterocycles. The maximum absolute atomic E-state index is 5.68. The average Bonchev–Trinajstić information content (AvgIpc) is 2.73. The first kappa shape index (κ1) is 9.98. The summed E-state index contributed by atoms with van der Waals surface area (Å²) in [4.78, 5) is 4.03. The highest BCUT2D eigenvalue weighted by molar-refractivity contribution is 7.99. The summed E-state index contributed by atoms with van der Waals surface area (Å²) in [6.07, 6.45) is 6.78. The van der Waals surface area contributed by atoms with Gasteiger partial charge in [0.1, 0.15) is 12.7 Å². The summed E-state index contributed by atoms with van der Waals surface area (Å²) in [6.45, 7) is 0.727. The lowest BCUT2D eigenvalue weighted by Gasteiger charge is -2.36. The normalized spacial score (nSPS) is 20.9. The van der Waals surface area contributed by atoms with E-state index in [1.807, 2.05) is 22.8 Å². The van der Waals surface area contributed by atoms with Crippen LogP contribution in [0.1, 0.15) is 19.3 Å². The summed E-state index contributed by atoms with van der Waals surface area (Å²) in [6, 6.07) is 0. The average molecular weight is 212 g/mol. The summed E-state index contributed by atoms with van der Waals surface area (Å²) in [5.41, 5.74) is 5.83. The first-order valence-electron chi connectivity index (χ1n) is 5.00. The number of nitrogens with zero attached hydrogens (tertiary/aromatic N) is 3. The fourth-order valence-electron chi connectivity index (χ4n) is 2.07. The van der Waals surface area contributed by atoms with Gasteiger partial charge in [0, 0.05) is 0 Å². The zero-order valence-electron chi connectivity index (χ0n) is 8.22. The molecule has 0 atom stereocenters. The van der Waals surface area contributed by atoms with Crippen LogP contribution < -0.4 is 5.73 Å². The molecule has 1 saturated heterocycles. The molecule has 5 heteroatoms. The molecule has 0 amide bonds. The van der Waals surface area contributed by atoms with Crippen LogP contribution in [0.3, 0.4) is 0 Å². The molecule has 1 aromatic heterocycles. The molecule has 78 valence electrons. The van der Waals surface area contributed by atoms with Gasteiger partial charge in [-0.2, -0.15) is 16.9 Å². The molecule has 0 unspecified atom stereocenters. The summed E-state index contributed by atoms with van der Waals surface area (Å²) < 4.78 is 2.01. The van der Waals surface area contributed by atoms with Crippen LogP contribution in [0.5, 0.6) is 0 Å². The molecule has 0 aliphatic carbocycles. The van der Waals surface area contributed by atoms with Gasteiger partial charge in [-0.3, -0.25) is 0 Å². The Morgan fingerprint density at radius 1 is 1.43 bits per heavy atom. The molecule has 0 saturated carbocycles. The highest BCUT2D eigenvalue weighted by Crippen LogP contribution is 2.35. The van der Waals surface area contributed by atoms with Crippen molar-refractivity contribution in [2.45, 2.75) is 24.8 Å². The van der Waals surface area contributed by atoms with Crippen molar-refractivity contribution < 1.29 is 0 Å². The van der Waals surface area contributed by atoms with Crippen molar-refractivity contribution in [2.24, 2.45) is 5.73 Å². The van der Waals surface area contributed by atoms with Gasteiger partial charge in [-0.05, 0) is 37.3 Å². The smallest absolute Gasteiger partial charge is 0.137 e. The molecule has 4 nitrogen and oxygen atoms in total. The molecule has 1 fully saturated rings. The minimum Gasteiger partial charge on any atom is -0.330 e. The van der Waals surface area contributed by atoms with E-state index in [-0.39, 0.29) is 5.54 Å². The molecule has 14 heavy (non-hydrogen) atoms. The highest BCUT2D eigenvalue weighted by atomic mass is 32.2.